The number of aromatic nitrogens is 2. The SMILES string of the molecule is CCS(=O)CCNc1ncc(F)cn1. The van der Waals surface area contributed by atoms with Gasteiger partial charge >= 0.3 is 0 Å². The summed E-state index contributed by atoms with van der Waals surface area (Å²) in [6.45, 7) is 2.40. The molecule has 0 radical (unpaired) electrons. The van der Waals surface area contributed by atoms with Crippen molar-refractivity contribution in [3.8, 4) is 0 Å². The van der Waals surface area contributed by atoms with Crippen LogP contribution in [0.1, 0.15) is 6.92 Å². The third kappa shape index (κ3) is 3.78. The molecule has 0 saturated heterocycles. The van der Waals surface area contributed by atoms with Crippen molar-refractivity contribution in [3.05, 3.63) is 18.2 Å². The molecule has 0 aliphatic heterocycles. The smallest absolute Gasteiger partial charge is 0.222 e. The molecule has 1 aromatic heterocycles. The van der Waals surface area contributed by atoms with E-state index in [2.05, 4.69) is 15.3 Å². The van der Waals surface area contributed by atoms with Crippen molar-refractivity contribution in [2.24, 2.45) is 0 Å². The molecule has 1 heterocycles. The maximum absolute atomic E-state index is 12.4. The summed E-state index contributed by atoms with van der Waals surface area (Å²) in [6.07, 6.45) is 2.18. The summed E-state index contributed by atoms with van der Waals surface area (Å²) in [5.74, 6) is 1.09. The molecule has 1 rings (SSSR count). The van der Waals surface area contributed by atoms with Gasteiger partial charge in [0, 0.05) is 28.9 Å². The summed E-state index contributed by atoms with van der Waals surface area (Å²) in [5, 5.41) is 2.86. The van der Waals surface area contributed by atoms with E-state index in [1.165, 1.54) is 0 Å². The number of anilines is 1. The van der Waals surface area contributed by atoms with Crippen molar-refractivity contribution >= 4 is 16.7 Å². The highest BCUT2D eigenvalue weighted by molar-refractivity contribution is 7.84. The topological polar surface area (TPSA) is 54.9 Å². The van der Waals surface area contributed by atoms with E-state index in [1.807, 2.05) is 6.92 Å². The van der Waals surface area contributed by atoms with Crippen LogP contribution in [0.2, 0.25) is 0 Å². The Kier molecular flexibility index (Phi) is 4.45. The summed E-state index contributed by atoms with van der Waals surface area (Å²) in [4.78, 5) is 7.41. The van der Waals surface area contributed by atoms with Gasteiger partial charge in [-0.25, -0.2) is 14.4 Å². The predicted molar refractivity (Wildman–Crippen MR) is 54.0 cm³/mol. The van der Waals surface area contributed by atoms with Crippen LogP contribution >= 0.6 is 0 Å². The second-order valence-electron chi connectivity index (χ2n) is 2.58. The first-order chi connectivity index (χ1) is 6.72. The maximum atomic E-state index is 12.4. The number of nitrogens with zero attached hydrogens (tertiary/aromatic N) is 2. The molecule has 14 heavy (non-hydrogen) atoms. The van der Waals surface area contributed by atoms with E-state index in [9.17, 15) is 8.60 Å². The molecule has 0 aliphatic carbocycles. The summed E-state index contributed by atoms with van der Waals surface area (Å²) in [6, 6.07) is 0. The summed E-state index contributed by atoms with van der Waals surface area (Å²) >= 11 is 0. The molecule has 0 aliphatic rings. The van der Waals surface area contributed by atoms with Crippen LogP contribution in [0.3, 0.4) is 0 Å². The van der Waals surface area contributed by atoms with Crippen molar-refractivity contribution in [1.82, 2.24) is 9.97 Å². The van der Waals surface area contributed by atoms with Gasteiger partial charge in [-0.2, -0.15) is 0 Å². The van der Waals surface area contributed by atoms with Gasteiger partial charge in [-0.3, -0.25) is 4.21 Å². The fourth-order valence-corrected chi connectivity index (χ4v) is 1.44. The first kappa shape index (κ1) is 11.0. The molecule has 0 spiro atoms. The minimum atomic E-state index is -0.797. The molecule has 0 bridgehead atoms. The van der Waals surface area contributed by atoms with Crippen LogP contribution in [0.4, 0.5) is 10.3 Å². The van der Waals surface area contributed by atoms with E-state index < -0.39 is 16.6 Å². The van der Waals surface area contributed by atoms with Gasteiger partial charge in [-0.05, 0) is 0 Å². The molecule has 1 aromatic rings. The lowest BCUT2D eigenvalue weighted by Crippen LogP contribution is -2.13. The van der Waals surface area contributed by atoms with Gasteiger partial charge in [-0.15, -0.1) is 0 Å². The Balaban J connectivity index is 2.31. The van der Waals surface area contributed by atoms with Gasteiger partial charge in [0.2, 0.25) is 5.95 Å². The Morgan fingerprint density at radius 1 is 1.50 bits per heavy atom. The van der Waals surface area contributed by atoms with Crippen molar-refractivity contribution < 1.29 is 8.60 Å². The van der Waals surface area contributed by atoms with Gasteiger partial charge in [0.15, 0.2) is 5.82 Å². The normalized spacial score (nSPS) is 12.4. The number of rotatable bonds is 5. The van der Waals surface area contributed by atoms with Crippen LogP contribution in [0.5, 0.6) is 0 Å². The lowest BCUT2D eigenvalue weighted by Gasteiger charge is -2.02. The Morgan fingerprint density at radius 3 is 2.71 bits per heavy atom. The molecule has 1 N–H and O–H groups in total. The molecule has 0 amide bonds. The van der Waals surface area contributed by atoms with Gasteiger partial charge in [0.1, 0.15) is 0 Å². The standard InChI is InChI=1S/C8H12FN3OS/c1-2-14(13)4-3-10-8-11-5-7(9)6-12-8/h5-6H,2-4H2,1H3,(H,10,11,12). The Labute approximate surface area is 84.4 Å². The van der Waals surface area contributed by atoms with Gasteiger partial charge in [0.05, 0.1) is 12.4 Å². The second-order valence-corrected chi connectivity index (χ2v) is 4.45. The maximum Gasteiger partial charge on any atom is 0.222 e. The average Bonchev–Trinajstić information content (AvgIpc) is 2.21. The Morgan fingerprint density at radius 2 is 2.14 bits per heavy atom. The van der Waals surface area contributed by atoms with Crippen LogP contribution in [0.15, 0.2) is 12.4 Å². The minimum absolute atomic E-state index is 0.361. The average molecular weight is 217 g/mol. The van der Waals surface area contributed by atoms with Crippen LogP contribution in [-0.4, -0.2) is 32.2 Å². The van der Waals surface area contributed by atoms with E-state index in [-0.39, 0.29) is 0 Å². The van der Waals surface area contributed by atoms with Crippen LogP contribution in [0.25, 0.3) is 0 Å². The number of hydrogen-bond acceptors (Lipinski definition) is 4. The van der Waals surface area contributed by atoms with Crippen molar-refractivity contribution in [1.29, 1.82) is 0 Å². The fourth-order valence-electron chi connectivity index (χ4n) is 0.825. The summed E-state index contributed by atoms with van der Waals surface area (Å²) < 4.78 is 23.4. The summed E-state index contributed by atoms with van der Waals surface area (Å²) in [7, 11) is -0.797. The highest BCUT2D eigenvalue weighted by atomic mass is 32.2. The van der Waals surface area contributed by atoms with E-state index in [0.29, 0.717) is 24.0 Å². The fraction of sp³-hybridized carbons (Fsp3) is 0.500. The molecule has 0 fully saturated rings. The van der Waals surface area contributed by atoms with Gasteiger partial charge < -0.3 is 5.32 Å². The third-order valence-electron chi connectivity index (χ3n) is 1.56. The lowest BCUT2D eigenvalue weighted by molar-refractivity contribution is 0.614. The van der Waals surface area contributed by atoms with Crippen molar-refractivity contribution in [2.45, 2.75) is 6.92 Å². The van der Waals surface area contributed by atoms with Crippen LogP contribution in [-0.2, 0) is 10.8 Å². The van der Waals surface area contributed by atoms with Crippen molar-refractivity contribution in [2.75, 3.05) is 23.4 Å². The zero-order chi connectivity index (χ0) is 10.4. The van der Waals surface area contributed by atoms with Gasteiger partial charge in [0.25, 0.3) is 0 Å². The molecule has 78 valence electrons. The highest BCUT2D eigenvalue weighted by Crippen LogP contribution is 1.97. The summed E-state index contributed by atoms with van der Waals surface area (Å²) in [5.41, 5.74) is 0. The second kappa shape index (κ2) is 5.64. The molecule has 0 saturated carbocycles. The predicted octanol–water partition coefficient (Wildman–Crippen LogP) is 0.796. The largest absolute Gasteiger partial charge is 0.353 e. The molecule has 0 aromatic carbocycles. The first-order valence-corrected chi connectivity index (χ1v) is 5.77. The third-order valence-corrected chi connectivity index (χ3v) is 2.86. The van der Waals surface area contributed by atoms with E-state index in [4.69, 9.17) is 0 Å². The quantitative estimate of drug-likeness (QED) is 0.792. The zero-order valence-corrected chi connectivity index (χ0v) is 8.68. The van der Waals surface area contributed by atoms with Crippen molar-refractivity contribution in [3.63, 3.8) is 0 Å². The first-order valence-electron chi connectivity index (χ1n) is 4.28. The van der Waals surface area contributed by atoms with Crippen LogP contribution < -0.4 is 5.32 Å². The molecule has 1 atom stereocenters. The molecular formula is C8H12FN3OS. The van der Waals surface area contributed by atoms with E-state index >= 15 is 0 Å². The zero-order valence-electron chi connectivity index (χ0n) is 7.86. The lowest BCUT2D eigenvalue weighted by atomic mass is 10.6. The number of hydrogen-bond donors (Lipinski definition) is 1. The van der Waals surface area contributed by atoms with E-state index in [0.717, 1.165) is 12.4 Å². The highest BCUT2D eigenvalue weighted by Gasteiger charge is 1.98. The Hall–Kier alpha value is -1.04. The monoisotopic (exact) mass is 217 g/mol. The number of halogens is 1. The van der Waals surface area contributed by atoms with Gasteiger partial charge in [-0.1, -0.05) is 6.92 Å². The molecular weight excluding hydrogens is 205 g/mol. The Bertz CT molecular complexity index is 304. The number of nitrogens with one attached hydrogen (secondary N) is 1. The molecule has 6 heteroatoms. The molecule has 4 nitrogen and oxygen atoms in total. The minimum Gasteiger partial charge on any atom is -0.353 e. The van der Waals surface area contributed by atoms with Crippen LogP contribution in [0, 0.1) is 5.82 Å². The van der Waals surface area contributed by atoms with E-state index in [1.54, 1.807) is 0 Å². The molecule has 1 unspecified atom stereocenters.